The van der Waals surface area contributed by atoms with E-state index in [9.17, 15) is 0 Å². The molecule has 1 saturated heterocycles. The van der Waals surface area contributed by atoms with Crippen molar-refractivity contribution in [1.29, 1.82) is 0 Å². The third kappa shape index (κ3) is 3.78. The maximum absolute atomic E-state index is 5.93. The monoisotopic (exact) mass is 347 g/mol. The van der Waals surface area contributed by atoms with Crippen molar-refractivity contribution in [2.24, 2.45) is 0 Å². The molecule has 1 fully saturated rings. The van der Waals surface area contributed by atoms with E-state index in [1.807, 2.05) is 7.11 Å². The first-order valence-electron chi connectivity index (χ1n) is 9.64. The van der Waals surface area contributed by atoms with Gasteiger partial charge in [-0.1, -0.05) is 13.8 Å². The highest BCUT2D eigenvalue weighted by molar-refractivity contribution is 5.55. The summed E-state index contributed by atoms with van der Waals surface area (Å²) in [6.07, 6.45) is 2.22. The molecule has 1 unspecified atom stereocenters. The maximum atomic E-state index is 5.93. The maximum Gasteiger partial charge on any atom is 0.127 e. The van der Waals surface area contributed by atoms with Gasteiger partial charge in [0.2, 0.25) is 0 Å². The van der Waals surface area contributed by atoms with E-state index in [0.717, 1.165) is 63.7 Å². The van der Waals surface area contributed by atoms with Crippen molar-refractivity contribution in [1.82, 2.24) is 15.1 Å². The molecule has 0 spiro atoms. The topological polar surface area (TPSA) is 37.0 Å². The van der Waals surface area contributed by atoms with Gasteiger partial charge in [0, 0.05) is 62.0 Å². The number of ether oxygens (including phenoxy) is 2. The summed E-state index contributed by atoms with van der Waals surface area (Å²) in [5.74, 6) is 2.11. The second kappa shape index (κ2) is 8.39. The van der Waals surface area contributed by atoms with E-state index in [-0.39, 0.29) is 0 Å². The number of hydrogen-bond donors (Lipinski definition) is 1. The van der Waals surface area contributed by atoms with Gasteiger partial charge in [0.05, 0.1) is 14.2 Å². The van der Waals surface area contributed by atoms with Crippen molar-refractivity contribution in [3.8, 4) is 11.5 Å². The number of benzene rings is 1. The number of likely N-dealkylation sites (N-methyl/N-ethyl adjacent to an activating group) is 1. The zero-order valence-electron chi connectivity index (χ0n) is 16.2. The molecule has 5 nitrogen and oxygen atoms in total. The summed E-state index contributed by atoms with van der Waals surface area (Å²) in [6.45, 7) is 11.8. The van der Waals surface area contributed by atoms with Crippen LogP contribution in [-0.4, -0.2) is 62.8 Å². The van der Waals surface area contributed by atoms with Gasteiger partial charge in [0.25, 0.3) is 0 Å². The first-order valence-corrected chi connectivity index (χ1v) is 9.64. The fourth-order valence-electron chi connectivity index (χ4n) is 4.31. The number of rotatable bonds is 6. The van der Waals surface area contributed by atoms with Crippen LogP contribution in [0.3, 0.4) is 0 Å². The minimum Gasteiger partial charge on any atom is -0.496 e. The lowest BCUT2D eigenvalue weighted by molar-refractivity contribution is 0.170. The summed E-state index contributed by atoms with van der Waals surface area (Å²) in [6, 6.07) is 2.80. The Kier molecular flexibility index (Phi) is 6.20. The van der Waals surface area contributed by atoms with Crippen molar-refractivity contribution in [3.05, 3.63) is 22.8 Å². The van der Waals surface area contributed by atoms with Crippen LogP contribution in [0.15, 0.2) is 6.07 Å². The molecule has 2 aliphatic rings. The van der Waals surface area contributed by atoms with E-state index in [4.69, 9.17) is 9.47 Å². The van der Waals surface area contributed by atoms with E-state index in [1.54, 1.807) is 7.11 Å². The van der Waals surface area contributed by atoms with Crippen LogP contribution in [0, 0.1) is 0 Å². The highest BCUT2D eigenvalue weighted by Crippen LogP contribution is 2.40. The molecule has 0 aliphatic carbocycles. The zero-order chi connectivity index (χ0) is 17.8. The molecule has 1 aromatic rings. The Labute approximate surface area is 152 Å². The van der Waals surface area contributed by atoms with Gasteiger partial charge in [0.1, 0.15) is 11.5 Å². The minimum atomic E-state index is 0.588. The van der Waals surface area contributed by atoms with Crippen LogP contribution in [0.5, 0.6) is 11.5 Å². The van der Waals surface area contributed by atoms with E-state index in [1.165, 1.54) is 23.1 Å². The molecule has 140 valence electrons. The Morgan fingerprint density at radius 3 is 2.48 bits per heavy atom. The van der Waals surface area contributed by atoms with Crippen LogP contribution >= 0.6 is 0 Å². The molecular weight excluding hydrogens is 314 g/mol. The molecule has 0 aromatic heterocycles. The molecule has 3 rings (SSSR count). The number of methoxy groups -OCH3 is 2. The van der Waals surface area contributed by atoms with Gasteiger partial charge >= 0.3 is 0 Å². The average molecular weight is 348 g/mol. The molecule has 0 saturated carbocycles. The summed E-state index contributed by atoms with van der Waals surface area (Å²) in [7, 11) is 3.61. The van der Waals surface area contributed by atoms with E-state index in [2.05, 4.69) is 35.0 Å². The van der Waals surface area contributed by atoms with Gasteiger partial charge in [-0.25, -0.2) is 0 Å². The van der Waals surface area contributed by atoms with Crippen LogP contribution < -0.4 is 14.8 Å². The first kappa shape index (κ1) is 18.5. The summed E-state index contributed by atoms with van der Waals surface area (Å²) in [4.78, 5) is 5.05. The average Bonchev–Trinajstić information content (AvgIpc) is 2.67. The van der Waals surface area contributed by atoms with Crippen molar-refractivity contribution < 1.29 is 9.47 Å². The molecule has 0 radical (unpaired) electrons. The molecule has 5 heteroatoms. The number of nitrogens with one attached hydrogen (secondary N) is 1. The molecule has 1 N–H and O–H groups in total. The molecular formula is C20H33N3O2. The third-order valence-corrected chi connectivity index (χ3v) is 5.76. The smallest absolute Gasteiger partial charge is 0.127 e. The molecule has 1 aromatic carbocycles. The third-order valence-electron chi connectivity index (χ3n) is 5.76. The standard InChI is InChI=1S/C20H33N3O2/c1-5-16-12-17-18(14-23(16)6-2)19(24-3)11-15(20(17)25-4)13-22-9-7-21-8-10-22/h11,16,21H,5-10,12-14H2,1-4H3. The second-order valence-corrected chi connectivity index (χ2v) is 7.08. The lowest BCUT2D eigenvalue weighted by Gasteiger charge is -2.38. The van der Waals surface area contributed by atoms with Crippen LogP contribution in [0.4, 0.5) is 0 Å². The van der Waals surface area contributed by atoms with Crippen LogP contribution in [0.2, 0.25) is 0 Å². The first-order chi connectivity index (χ1) is 12.2. The Morgan fingerprint density at radius 2 is 1.88 bits per heavy atom. The van der Waals surface area contributed by atoms with Gasteiger partial charge in [-0.2, -0.15) is 0 Å². The number of nitrogens with zero attached hydrogens (tertiary/aromatic N) is 2. The van der Waals surface area contributed by atoms with Gasteiger partial charge < -0.3 is 14.8 Å². The minimum absolute atomic E-state index is 0.588. The van der Waals surface area contributed by atoms with Crippen molar-refractivity contribution in [2.45, 2.75) is 45.8 Å². The Hall–Kier alpha value is -1.30. The molecule has 0 bridgehead atoms. The van der Waals surface area contributed by atoms with Gasteiger partial charge in [-0.3, -0.25) is 9.80 Å². The Balaban J connectivity index is 1.97. The fourth-order valence-corrected chi connectivity index (χ4v) is 4.31. The highest BCUT2D eigenvalue weighted by Gasteiger charge is 2.30. The van der Waals surface area contributed by atoms with Crippen LogP contribution in [-0.2, 0) is 19.5 Å². The lowest BCUT2D eigenvalue weighted by atomic mass is 9.89. The zero-order valence-corrected chi connectivity index (χ0v) is 16.2. The van der Waals surface area contributed by atoms with Gasteiger partial charge in [0.15, 0.2) is 0 Å². The quantitative estimate of drug-likeness (QED) is 0.854. The van der Waals surface area contributed by atoms with Crippen molar-refractivity contribution in [2.75, 3.05) is 46.9 Å². The molecule has 1 atom stereocenters. The highest BCUT2D eigenvalue weighted by atomic mass is 16.5. The summed E-state index contributed by atoms with van der Waals surface area (Å²) in [5.41, 5.74) is 3.94. The van der Waals surface area contributed by atoms with Crippen molar-refractivity contribution in [3.63, 3.8) is 0 Å². The van der Waals surface area contributed by atoms with Gasteiger partial charge in [-0.15, -0.1) is 0 Å². The second-order valence-electron chi connectivity index (χ2n) is 7.08. The summed E-state index contributed by atoms with van der Waals surface area (Å²) < 4.78 is 11.7. The molecule has 2 heterocycles. The van der Waals surface area contributed by atoms with E-state index >= 15 is 0 Å². The molecule has 25 heavy (non-hydrogen) atoms. The van der Waals surface area contributed by atoms with Crippen molar-refractivity contribution >= 4 is 0 Å². The van der Waals surface area contributed by atoms with E-state index < -0.39 is 0 Å². The largest absolute Gasteiger partial charge is 0.496 e. The predicted octanol–water partition coefficient (Wildman–Crippen LogP) is 2.27. The predicted molar refractivity (Wildman–Crippen MR) is 102 cm³/mol. The Morgan fingerprint density at radius 1 is 1.12 bits per heavy atom. The Bertz CT molecular complexity index is 585. The number of fused-ring (bicyclic) bond motifs is 1. The fraction of sp³-hybridized carbons (Fsp3) is 0.700. The number of hydrogen-bond acceptors (Lipinski definition) is 5. The summed E-state index contributed by atoms with van der Waals surface area (Å²) in [5, 5.41) is 3.42. The normalized spacial score (nSPS) is 21.8. The van der Waals surface area contributed by atoms with Crippen LogP contribution in [0.1, 0.15) is 37.0 Å². The van der Waals surface area contributed by atoms with E-state index in [0.29, 0.717) is 6.04 Å². The van der Waals surface area contributed by atoms with Gasteiger partial charge in [-0.05, 0) is 25.5 Å². The number of piperazine rings is 1. The van der Waals surface area contributed by atoms with Crippen LogP contribution in [0.25, 0.3) is 0 Å². The summed E-state index contributed by atoms with van der Waals surface area (Å²) >= 11 is 0. The SMILES string of the molecule is CCC1Cc2c(c(OC)cc(CN3CCNCC3)c2OC)CN1CC. The molecule has 0 amide bonds. The molecule has 2 aliphatic heterocycles. The lowest BCUT2D eigenvalue weighted by Crippen LogP contribution is -2.43.